The number of pyridine rings is 1. The molecular formula is C32H45FN8O4. The van der Waals surface area contributed by atoms with E-state index in [4.69, 9.17) is 10.8 Å². The van der Waals surface area contributed by atoms with Crippen LogP contribution in [0.1, 0.15) is 24.6 Å². The van der Waals surface area contributed by atoms with Gasteiger partial charge in [0.15, 0.2) is 0 Å². The highest BCUT2D eigenvalue weighted by molar-refractivity contribution is 5.88. The molecule has 2 aliphatic heterocycles. The summed E-state index contributed by atoms with van der Waals surface area (Å²) < 4.78 is 14.7. The van der Waals surface area contributed by atoms with Gasteiger partial charge >= 0.3 is 0 Å². The van der Waals surface area contributed by atoms with Crippen LogP contribution in [-0.4, -0.2) is 125 Å². The number of aromatic nitrogens is 1. The molecule has 0 aliphatic carbocycles. The van der Waals surface area contributed by atoms with Crippen molar-refractivity contribution in [2.45, 2.75) is 38.4 Å². The number of nitrogens with two attached hydrogens (primary N) is 1. The molecule has 1 atom stereocenters. The number of hydrogen-bond acceptors (Lipinski definition) is 10. The lowest BCUT2D eigenvalue weighted by Gasteiger charge is -2.48. The zero-order chi connectivity index (χ0) is 32.3. The number of nitrogens with one attached hydrogen (secondary N) is 1. The smallest absolute Gasteiger partial charge is 0.245 e. The standard InChI is InChI=1S/C32H45FN8O4/c1-3-11-41(34)23-31(44)36-29(18-24-9-10-27(43)19-28(24)33)32(45)39(12-6-17-42)20-25-7-5-8-30(35-25)40-21-26(22-40)38-15-13-37(4-2)14-16-38/h3,5,7-10,17,19,26,29,43H,1,4,6,11-16,18,20-23,34H2,2H3,(H,36,44)/t29-/m0/s1. The normalized spacial score (nSPS) is 16.7. The van der Waals surface area contributed by atoms with Crippen LogP contribution in [0.2, 0.25) is 0 Å². The number of anilines is 1. The molecule has 244 valence electrons. The summed E-state index contributed by atoms with van der Waals surface area (Å²) in [7, 11) is 0. The Morgan fingerprint density at radius 2 is 1.98 bits per heavy atom. The fourth-order valence-corrected chi connectivity index (χ4v) is 5.72. The molecule has 0 unspecified atom stereocenters. The van der Waals surface area contributed by atoms with Crippen LogP contribution in [0.15, 0.2) is 49.1 Å². The molecule has 2 aromatic rings. The van der Waals surface area contributed by atoms with Crippen molar-refractivity contribution in [1.82, 2.24) is 30.0 Å². The molecule has 0 saturated carbocycles. The summed E-state index contributed by atoms with van der Waals surface area (Å²) in [6.07, 6.45) is 2.17. The number of aldehydes is 1. The number of hydrazine groups is 1. The summed E-state index contributed by atoms with van der Waals surface area (Å²) in [4.78, 5) is 51.6. The molecule has 2 amide bonds. The van der Waals surface area contributed by atoms with E-state index in [2.05, 4.69) is 33.5 Å². The highest BCUT2D eigenvalue weighted by Gasteiger charge is 2.34. The molecule has 0 radical (unpaired) electrons. The minimum atomic E-state index is -1.16. The van der Waals surface area contributed by atoms with Gasteiger partial charge in [0.1, 0.15) is 29.7 Å². The highest BCUT2D eigenvalue weighted by atomic mass is 19.1. The van der Waals surface area contributed by atoms with E-state index in [1.807, 2.05) is 18.2 Å². The third-order valence-electron chi connectivity index (χ3n) is 8.33. The number of phenols is 1. The number of hydrogen-bond donors (Lipinski definition) is 3. The lowest BCUT2D eigenvalue weighted by Crippen LogP contribution is -2.63. The second kappa shape index (κ2) is 16.4. The third kappa shape index (κ3) is 9.54. The Morgan fingerprint density at radius 1 is 1.22 bits per heavy atom. The van der Waals surface area contributed by atoms with Crippen molar-refractivity contribution in [3.63, 3.8) is 0 Å². The van der Waals surface area contributed by atoms with Crippen LogP contribution in [0.3, 0.4) is 0 Å². The topological polar surface area (TPSA) is 139 Å². The van der Waals surface area contributed by atoms with Gasteiger partial charge in [-0.1, -0.05) is 25.1 Å². The number of likely N-dealkylation sites (N-methyl/N-ethyl adjacent to an activating group) is 1. The van der Waals surface area contributed by atoms with Gasteiger partial charge in [0, 0.05) is 77.3 Å². The molecule has 1 aromatic carbocycles. The van der Waals surface area contributed by atoms with Crippen molar-refractivity contribution in [3.05, 3.63) is 66.1 Å². The van der Waals surface area contributed by atoms with Gasteiger partial charge in [-0.25, -0.2) is 14.4 Å². The number of phenolic OH excluding ortho intramolecular Hbond substituents is 1. The van der Waals surface area contributed by atoms with Crippen molar-refractivity contribution in [3.8, 4) is 5.75 Å². The molecule has 4 rings (SSSR count). The molecule has 1 aromatic heterocycles. The van der Waals surface area contributed by atoms with Gasteiger partial charge in [-0.2, -0.15) is 0 Å². The lowest BCUT2D eigenvalue weighted by molar-refractivity contribution is -0.137. The lowest BCUT2D eigenvalue weighted by atomic mass is 10.0. The zero-order valence-electron chi connectivity index (χ0n) is 26.0. The molecule has 12 nitrogen and oxygen atoms in total. The number of rotatable bonds is 16. The van der Waals surface area contributed by atoms with E-state index in [1.54, 1.807) is 0 Å². The van der Waals surface area contributed by atoms with Crippen LogP contribution in [0.5, 0.6) is 5.75 Å². The highest BCUT2D eigenvalue weighted by Crippen LogP contribution is 2.24. The van der Waals surface area contributed by atoms with E-state index < -0.39 is 23.7 Å². The molecule has 2 saturated heterocycles. The first kappa shape index (κ1) is 34.0. The minimum absolute atomic E-state index is 0.0781. The van der Waals surface area contributed by atoms with Gasteiger partial charge in [0.2, 0.25) is 11.8 Å². The molecule has 45 heavy (non-hydrogen) atoms. The summed E-state index contributed by atoms with van der Waals surface area (Å²) in [6.45, 7) is 13.2. The molecule has 3 heterocycles. The molecule has 0 spiro atoms. The predicted molar refractivity (Wildman–Crippen MR) is 170 cm³/mol. The Hall–Kier alpha value is -3.91. The number of nitrogens with zero attached hydrogens (tertiary/aromatic N) is 6. The van der Waals surface area contributed by atoms with Gasteiger partial charge in [0.25, 0.3) is 0 Å². The molecule has 2 fully saturated rings. The Kier molecular flexibility index (Phi) is 12.4. The van der Waals surface area contributed by atoms with E-state index in [9.17, 15) is 23.9 Å². The number of carbonyl (C=O) groups is 3. The summed E-state index contributed by atoms with van der Waals surface area (Å²) in [5.41, 5.74) is 0.771. The maximum absolute atomic E-state index is 14.7. The summed E-state index contributed by atoms with van der Waals surface area (Å²) in [5, 5.41) is 13.6. The number of carbonyl (C=O) groups excluding carboxylic acids is 3. The Bertz CT molecular complexity index is 1320. The van der Waals surface area contributed by atoms with Crippen molar-refractivity contribution >= 4 is 23.9 Å². The maximum atomic E-state index is 14.7. The SMILES string of the molecule is C=CCN(N)CC(=O)N[C@@H](Cc1ccc(O)cc1F)C(=O)N(CCC=O)Cc1cccc(N2CC(N3CCN(CC)CC3)C2)n1. The van der Waals surface area contributed by atoms with Gasteiger partial charge in [-0.05, 0) is 30.3 Å². The van der Waals surface area contributed by atoms with E-state index in [-0.39, 0.29) is 50.3 Å². The molecule has 13 heteroatoms. The van der Waals surface area contributed by atoms with Crippen LogP contribution >= 0.6 is 0 Å². The van der Waals surface area contributed by atoms with Crippen LogP contribution in [-0.2, 0) is 27.3 Å². The monoisotopic (exact) mass is 624 g/mol. The van der Waals surface area contributed by atoms with Crippen LogP contribution in [0, 0.1) is 5.82 Å². The number of benzene rings is 1. The Morgan fingerprint density at radius 3 is 2.64 bits per heavy atom. The van der Waals surface area contributed by atoms with E-state index in [1.165, 1.54) is 28.1 Å². The predicted octanol–water partition coefficient (Wildman–Crippen LogP) is 0.759. The van der Waals surface area contributed by atoms with E-state index in [0.29, 0.717) is 11.7 Å². The summed E-state index contributed by atoms with van der Waals surface area (Å²) in [6, 6.07) is 8.64. The van der Waals surface area contributed by atoms with Crippen molar-refractivity contribution < 1.29 is 23.9 Å². The first-order valence-electron chi connectivity index (χ1n) is 15.5. The fraction of sp³-hybridized carbons (Fsp3) is 0.500. The second-order valence-corrected chi connectivity index (χ2v) is 11.5. The van der Waals surface area contributed by atoms with Crippen LogP contribution in [0.4, 0.5) is 10.2 Å². The number of piperazine rings is 1. The van der Waals surface area contributed by atoms with Gasteiger partial charge in [0.05, 0.1) is 18.8 Å². The van der Waals surface area contributed by atoms with Gasteiger partial charge in [-0.3, -0.25) is 20.3 Å². The number of amides is 2. The summed E-state index contributed by atoms with van der Waals surface area (Å²) in [5.74, 6) is 4.67. The quantitative estimate of drug-likeness (QED) is 0.106. The van der Waals surface area contributed by atoms with Crippen LogP contribution < -0.4 is 16.1 Å². The average molecular weight is 625 g/mol. The largest absolute Gasteiger partial charge is 0.508 e. The fourth-order valence-electron chi connectivity index (χ4n) is 5.72. The van der Waals surface area contributed by atoms with Gasteiger partial charge in [-0.15, -0.1) is 6.58 Å². The minimum Gasteiger partial charge on any atom is -0.508 e. The first-order chi connectivity index (χ1) is 21.7. The Balaban J connectivity index is 1.46. The van der Waals surface area contributed by atoms with Crippen molar-refractivity contribution in [2.75, 3.05) is 70.3 Å². The third-order valence-corrected chi connectivity index (χ3v) is 8.33. The first-order valence-corrected chi connectivity index (χ1v) is 15.5. The molecule has 4 N–H and O–H groups in total. The zero-order valence-corrected chi connectivity index (χ0v) is 26.0. The van der Waals surface area contributed by atoms with E-state index >= 15 is 0 Å². The Labute approximate surface area is 264 Å². The van der Waals surface area contributed by atoms with E-state index in [0.717, 1.165) is 64.0 Å². The van der Waals surface area contributed by atoms with Gasteiger partial charge < -0.3 is 29.9 Å². The van der Waals surface area contributed by atoms with Crippen molar-refractivity contribution in [2.24, 2.45) is 5.84 Å². The molecular weight excluding hydrogens is 579 g/mol. The summed E-state index contributed by atoms with van der Waals surface area (Å²) >= 11 is 0. The van der Waals surface area contributed by atoms with Crippen LogP contribution in [0.25, 0.3) is 0 Å². The number of halogens is 1. The maximum Gasteiger partial charge on any atom is 0.245 e. The number of aromatic hydroxyl groups is 1. The molecule has 0 bridgehead atoms. The second-order valence-electron chi connectivity index (χ2n) is 11.5. The van der Waals surface area contributed by atoms with Crippen molar-refractivity contribution in [1.29, 1.82) is 0 Å². The molecule has 2 aliphatic rings. The average Bonchev–Trinajstić information content (AvgIpc) is 2.99.